The molecule has 0 aromatic heterocycles. The van der Waals surface area contributed by atoms with Crippen molar-refractivity contribution in [2.45, 2.75) is 19.9 Å². The topological polar surface area (TPSA) is 32.3 Å². The zero-order valence-corrected chi connectivity index (χ0v) is 8.74. The lowest BCUT2D eigenvalue weighted by Gasteiger charge is -2.10. The van der Waals surface area contributed by atoms with Crippen molar-refractivity contribution in [3.8, 4) is 0 Å². The first-order chi connectivity index (χ1) is 6.83. The van der Waals surface area contributed by atoms with E-state index in [1.165, 1.54) is 5.56 Å². The Bertz CT molecular complexity index is 235. The van der Waals surface area contributed by atoms with E-state index >= 15 is 0 Å². The maximum absolute atomic E-state index is 8.73. The van der Waals surface area contributed by atoms with Crippen LogP contribution in [0.3, 0.4) is 0 Å². The highest BCUT2D eigenvalue weighted by Crippen LogP contribution is 2.00. The number of nitrogens with one attached hydrogen (secondary N) is 1. The average molecular weight is 193 g/mol. The summed E-state index contributed by atoms with van der Waals surface area (Å²) in [5.41, 5.74) is 1.31. The molecular formula is C12H19NO. The lowest BCUT2D eigenvalue weighted by atomic mass is 10.1. The summed E-state index contributed by atoms with van der Waals surface area (Å²) in [7, 11) is 0. The van der Waals surface area contributed by atoms with Crippen molar-refractivity contribution in [1.82, 2.24) is 5.32 Å². The van der Waals surface area contributed by atoms with Gasteiger partial charge in [0.15, 0.2) is 0 Å². The van der Waals surface area contributed by atoms with Gasteiger partial charge in [-0.1, -0.05) is 37.3 Å². The van der Waals surface area contributed by atoms with Crippen molar-refractivity contribution in [3.05, 3.63) is 35.9 Å². The third kappa shape index (κ3) is 4.40. The minimum Gasteiger partial charge on any atom is -0.396 e. The molecule has 0 fully saturated rings. The van der Waals surface area contributed by atoms with Gasteiger partial charge in [0.1, 0.15) is 0 Å². The second-order valence-electron chi connectivity index (χ2n) is 3.73. The fourth-order valence-corrected chi connectivity index (χ4v) is 1.38. The molecule has 1 aromatic rings. The molecule has 14 heavy (non-hydrogen) atoms. The van der Waals surface area contributed by atoms with Gasteiger partial charge in [0.05, 0.1) is 0 Å². The summed E-state index contributed by atoms with van der Waals surface area (Å²) in [6.07, 6.45) is 0.877. The van der Waals surface area contributed by atoms with Crippen LogP contribution in [0.5, 0.6) is 0 Å². The maximum atomic E-state index is 8.73. The zero-order valence-electron chi connectivity index (χ0n) is 8.74. The van der Waals surface area contributed by atoms with Gasteiger partial charge in [-0.2, -0.15) is 0 Å². The van der Waals surface area contributed by atoms with E-state index in [4.69, 9.17) is 5.11 Å². The molecule has 2 N–H and O–H groups in total. The van der Waals surface area contributed by atoms with Crippen LogP contribution in [-0.4, -0.2) is 18.3 Å². The van der Waals surface area contributed by atoms with Crippen molar-refractivity contribution in [2.24, 2.45) is 5.92 Å². The van der Waals surface area contributed by atoms with Crippen LogP contribution in [-0.2, 0) is 6.54 Å². The van der Waals surface area contributed by atoms with Crippen LogP contribution < -0.4 is 5.32 Å². The third-order valence-electron chi connectivity index (χ3n) is 2.29. The molecule has 0 aliphatic carbocycles. The van der Waals surface area contributed by atoms with E-state index in [9.17, 15) is 0 Å². The number of benzene rings is 1. The lowest BCUT2D eigenvalue weighted by molar-refractivity contribution is 0.260. The van der Waals surface area contributed by atoms with E-state index in [-0.39, 0.29) is 6.61 Å². The Morgan fingerprint density at radius 1 is 1.29 bits per heavy atom. The molecule has 1 unspecified atom stereocenters. The minimum absolute atomic E-state index is 0.286. The molecule has 0 bridgehead atoms. The summed E-state index contributed by atoms with van der Waals surface area (Å²) in [5.74, 6) is 0.545. The average Bonchev–Trinajstić information content (AvgIpc) is 2.20. The predicted octanol–water partition coefficient (Wildman–Crippen LogP) is 1.79. The van der Waals surface area contributed by atoms with Crippen LogP contribution >= 0.6 is 0 Å². The Labute approximate surface area is 86.0 Å². The standard InChI is InChI=1S/C12H19NO/c1-11(7-8-14)9-13-10-12-5-3-2-4-6-12/h2-6,11,13-14H,7-10H2,1H3. The molecule has 78 valence electrons. The maximum Gasteiger partial charge on any atom is 0.0434 e. The van der Waals surface area contributed by atoms with Crippen LogP contribution in [0.25, 0.3) is 0 Å². The number of hydrogen-bond acceptors (Lipinski definition) is 2. The first-order valence-corrected chi connectivity index (χ1v) is 5.18. The highest BCUT2D eigenvalue weighted by atomic mass is 16.3. The Kier molecular flexibility index (Phi) is 5.27. The number of hydrogen-bond donors (Lipinski definition) is 2. The SMILES string of the molecule is CC(CCO)CNCc1ccccc1. The second kappa shape index (κ2) is 6.57. The highest BCUT2D eigenvalue weighted by molar-refractivity contribution is 5.14. The Hall–Kier alpha value is -0.860. The minimum atomic E-state index is 0.286. The van der Waals surface area contributed by atoms with Gasteiger partial charge in [-0.3, -0.25) is 0 Å². The Morgan fingerprint density at radius 2 is 2.00 bits per heavy atom. The molecule has 0 spiro atoms. The van der Waals surface area contributed by atoms with Gasteiger partial charge in [0.2, 0.25) is 0 Å². The largest absolute Gasteiger partial charge is 0.396 e. The number of aliphatic hydroxyl groups excluding tert-OH is 1. The van der Waals surface area contributed by atoms with E-state index in [0.717, 1.165) is 19.5 Å². The van der Waals surface area contributed by atoms with E-state index in [2.05, 4.69) is 24.4 Å². The smallest absolute Gasteiger partial charge is 0.0434 e. The molecule has 2 heteroatoms. The van der Waals surface area contributed by atoms with Crippen molar-refractivity contribution in [2.75, 3.05) is 13.2 Å². The molecule has 1 rings (SSSR count). The molecule has 0 saturated carbocycles. The summed E-state index contributed by atoms with van der Waals surface area (Å²) in [6, 6.07) is 10.4. The van der Waals surface area contributed by atoms with Crippen LogP contribution in [0.1, 0.15) is 18.9 Å². The molecule has 0 saturated heterocycles. The normalized spacial score (nSPS) is 12.7. The molecule has 0 amide bonds. The van der Waals surface area contributed by atoms with Gasteiger partial charge in [-0.05, 0) is 24.4 Å². The monoisotopic (exact) mass is 193 g/mol. The molecule has 1 aromatic carbocycles. The zero-order chi connectivity index (χ0) is 10.2. The van der Waals surface area contributed by atoms with Gasteiger partial charge in [-0.25, -0.2) is 0 Å². The van der Waals surface area contributed by atoms with Gasteiger partial charge >= 0.3 is 0 Å². The summed E-state index contributed by atoms with van der Waals surface area (Å²) < 4.78 is 0. The highest BCUT2D eigenvalue weighted by Gasteiger charge is 1.99. The van der Waals surface area contributed by atoms with Crippen LogP contribution in [0.15, 0.2) is 30.3 Å². The quantitative estimate of drug-likeness (QED) is 0.722. The third-order valence-corrected chi connectivity index (χ3v) is 2.29. The van der Waals surface area contributed by atoms with Crippen molar-refractivity contribution < 1.29 is 5.11 Å². The van der Waals surface area contributed by atoms with E-state index < -0.39 is 0 Å². The van der Waals surface area contributed by atoms with Crippen molar-refractivity contribution in [3.63, 3.8) is 0 Å². The summed E-state index contributed by atoms with van der Waals surface area (Å²) in [5, 5.41) is 12.1. The van der Waals surface area contributed by atoms with E-state index in [0.29, 0.717) is 5.92 Å². The predicted molar refractivity (Wildman–Crippen MR) is 59.0 cm³/mol. The van der Waals surface area contributed by atoms with Crippen LogP contribution in [0.4, 0.5) is 0 Å². The summed E-state index contributed by atoms with van der Waals surface area (Å²) >= 11 is 0. The van der Waals surface area contributed by atoms with Gasteiger partial charge in [0, 0.05) is 13.2 Å². The molecule has 0 radical (unpaired) electrons. The van der Waals surface area contributed by atoms with Crippen molar-refractivity contribution >= 4 is 0 Å². The molecular weight excluding hydrogens is 174 g/mol. The van der Waals surface area contributed by atoms with Crippen LogP contribution in [0, 0.1) is 5.92 Å². The van der Waals surface area contributed by atoms with Crippen LogP contribution in [0.2, 0.25) is 0 Å². The molecule has 0 heterocycles. The van der Waals surface area contributed by atoms with E-state index in [1.54, 1.807) is 0 Å². The summed E-state index contributed by atoms with van der Waals surface area (Å²) in [6.45, 7) is 4.31. The van der Waals surface area contributed by atoms with Gasteiger partial charge < -0.3 is 10.4 Å². The van der Waals surface area contributed by atoms with E-state index in [1.807, 2.05) is 18.2 Å². The Balaban J connectivity index is 2.16. The lowest BCUT2D eigenvalue weighted by Crippen LogP contribution is -2.21. The van der Waals surface area contributed by atoms with Gasteiger partial charge in [0.25, 0.3) is 0 Å². The first kappa shape index (κ1) is 11.2. The molecule has 2 nitrogen and oxygen atoms in total. The second-order valence-corrected chi connectivity index (χ2v) is 3.73. The fraction of sp³-hybridized carbons (Fsp3) is 0.500. The fourth-order valence-electron chi connectivity index (χ4n) is 1.38. The molecule has 1 atom stereocenters. The Morgan fingerprint density at radius 3 is 2.64 bits per heavy atom. The number of rotatable bonds is 6. The number of aliphatic hydroxyl groups is 1. The molecule has 0 aliphatic rings. The first-order valence-electron chi connectivity index (χ1n) is 5.18. The van der Waals surface area contributed by atoms with Gasteiger partial charge in [-0.15, -0.1) is 0 Å². The molecule has 0 aliphatic heterocycles. The van der Waals surface area contributed by atoms with Crippen molar-refractivity contribution in [1.29, 1.82) is 0 Å². The summed E-state index contributed by atoms with van der Waals surface area (Å²) in [4.78, 5) is 0.